The summed E-state index contributed by atoms with van der Waals surface area (Å²) in [6.07, 6.45) is 1.59. The maximum Gasteiger partial charge on any atom is 0.311 e. The Balaban J connectivity index is 2.33. The van der Waals surface area contributed by atoms with Crippen molar-refractivity contribution in [2.75, 3.05) is 0 Å². The molecule has 2 rings (SSSR count). The van der Waals surface area contributed by atoms with Gasteiger partial charge in [-0.1, -0.05) is 42.5 Å². The van der Waals surface area contributed by atoms with Crippen LogP contribution in [0.3, 0.4) is 0 Å². The van der Waals surface area contributed by atoms with Gasteiger partial charge in [0.2, 0.25) is 0 Å². The van der Waals surface area contributed by atoms with E-state index in [2.05, 4.69) is 0 Å². The standard InChI is InChI=1S/C18H15NO3/c19-11-10-15(13-4-2-1-3-5-13)12-17(18(21)22)14-6-8-16(20)9-7-14/h1-10,17,20H,12H2,(H,21,22). The minimum absolute atomic E-state index is 0.0868. The summed E-state index contributed by atoms with van der Waals surface area (Å²) < 4.78 is 0. The molecule has 0 bridgehead atoms. The molecule has 0 amide bonds. The average molecular weight is 293 g/mol. The van der Waals surface area contributed by atoms with Crippen LogP contribution < -0.4 is 0 Å². The minimum atomic E-state index is -0.967. The molecule has 4 heteroatoms. The van der Waals surface area contributed by atoms with Gasteiger partial charge in [0.05, 0.1) is 12.0 Å². The Morgan fingerprint density at radius 2 is 1.77 bits per heavy atom. The van der Waals surface area contributed by atoms with Crippen LogP contribution in [0, 0.1) is 11.3 Å². The van der Waals surface area contributed by atoms with Crippen LogP contribution >= 0.6 is 0 Å². The van der Waals surface area contributed by atoms with Gasteiger partial charge in [0, 0.05) is 6.08 Å². The summed E-state index contributed by atoms with van der Waals surface area (Å²) in [5.74, 6) is -1.66. The first kappa shape index (κ1) is 15.3. The summed E-state index contributed by atoms with van der Waals surface area (Å²) in [6.45, 7) is 0. The largest absolute Gasteiger partial charge is 0.508 e. The normalized spacial score (nSPS) is 12.4. The number of rotatable bonds is 5. The summed E-state index contributed by atoms with van der Waals surface area (Å²) in [6, 6.07) is 17.3. The van der Waals surface area contributed by atoms with Crippen molar-refractivity contribution < 1.29 is 15.0 Å². The van der Waals surface area contributed by atoms with Gasteiger partial charge in [0.1, 0.15) is 5.75 Å². The fourth-order valence-corrected chi connectivity index (χ4v) is 2.26. The molecule has 0 saturated carbocycles. The number of hydrogen-bond donors (Lipinski definition) is 2. The second kappa shape index (κ2) is 7.09. The first-order valence-corrected chi connectivity index (χ1v) is 6.77. The van der Waals surface area contributed by atoms with Crippen LogP contribution in [0.1, 0.15) is 23.5 Å². The third kappa shape index (κ3) is 3.74. The summed E-state index contributed by atoms with van der Waals surface area (Å²) in [7, 11) is 0. The summed E-state index contributed by atoms with van der Waals surface area (Å²) >= 11 is 0. The number of phenolic OH excluding ortho intramolecular Hbond substituents is 1. The number of benzene rings is 2. The van der Waals surface area contributed by atoms with Crippen LogP contribution in [0.15, 0.2) is 60.7 Å². The second-order valence-electron chi connectivity index (χ2n) is 4.85. The maximum absolute atomic E-state index is 11.6. The zero-order valence-electron chi connectivity index (χ0n) is 11.8. The maximum atomic E-state index is 11.6. The molecule has 2 aromatic rings. The van der Waals surface area contributed by atoms with E-state index in [9.17, 15) is 15.0 Å². The number of nitrogens with zero attached hydrogens (tertiary/aromatic N) is 1. The van der Waals surface area contributed by atoms with Crippen molar-refractivity contribution in [2.45, 2.75) is 12.3 Å². The molecule has 2 N–H and O–H groups in total. The van der Waals surface area contributed by atoms with E-state index in [1.54, 1.807) is 12.1 Å². The molecule has 0 heterocycles. The van der Waals surface area contributed by atoms with Crippen LogP contribution in [0.2, 0.25) is 0 Å². The number of aromatic hydroxyl groups is 1. The second-order valence-corrected chi connectivity index (χ2v) is 4.85. The highest BCUT2D eigenvalue weighted by atomic mass is 16.4. The molecule has 0 spiro atoms. The van der Waals surface area contributed by atoms with Gasteiger partial charge in [-0.3, -0.25) is 4.79 Å². The molecule has 0 aliphatic carbocycles. The lowest BCUT2D eigenvalue weighted by Crippen LogP contribution is -2.12. The van der Waals surface area contributed by atoms with Crippen LogP contribution in [-0.2, 0) is 4.79 Å². The Morgan fingerprint density at radius 3 is 2.32 bits per heavy atom. The number of phenols is 1. The van der Waals surface area contributed by atoms with Crippen molar-refractivity contribution in [3.8, 4) is 11.8 Å². The van der Waals surface area contributed by atoms with Crippen molar-refractivity contribution >= 4 is 11.5 Å². The van der Waals surface area contributed by atoms with E-state index in [-0.39, 0.29) is 12.2 Å². The fraction of sp³-hybridized carbons (Fsp3) is 0.111. The van der Waals surface area contributed by atoms with Crippen molar-refractivity contribution in [1.29, 1.82) is 5.26 Å². The lowest BCUT2D eigenvalue weighted by Gasteiger charge is -2.15. The Hall–Kier alpha value is -3.06. The van der Waals surface area contributed by atoms with E-state index < -0.39 is 11.9 Å². The molecule has 0 aliphatic rings. The predicted octanol–water partition coefficient (Wildman–Crippen LogP) is 3.56. The Kier molecular flexibility index (Phi) is 4.94. The number of hydrogen-bond acceptors (Lipinski definition) is 3. The third-order valence-corrected chi connectivity index (χ3v) is 3.40. The molecule has 1 unspecified atom stereocenters. The smallest absolute Gasteiger partial charge is 0.311 e. The minimum Gasteiger partial charge on any atom is -0.508 e. The van der Waals surface area contributed by atoms with E-state index in [1.807, 2.05) is 36.4 Å². The quantitative estimate of drug-likeness (QED) is 0.826. The van der Waals surface area contributed by atoms with E-state index in [1.165, 1.54) is 18.2 Å². The van der Waals surface area contributed by atoms with E-state index >= 15 is 0 Å². The van der Waals surface area contributed by atoms with Gasteiger partial charge in [-0.05, 0) is 35.3 Å². The zero-order valence-corrected chi connectivity index (χ0v) is 11.8. The van der Waals surface area contributed by atoms with Gasteiger partial charge in [0.15, 0.2) is 0 Å². The topological polar surface area (TPSA) is 81.3 Å². The number of carboxylic acids is 1. The molecule has 4 nitrogen and oxygen atoms in total. The molecule has 1 atom stereocenters. The highest BCUT2D eigenvalue weighted by molar-refractivity contribution is 5.80. The van der Waals surface area contributed by atoms with Gasteiger partial charge < -0.3 is 10.2 Å². The molecular weight excluding hydrogens is 278 g/mol. The SMILES string of the molecule is N#CC=C(CC(C(=O)O)c1ccc(O)cc1)c1ccccc1. The first-order chi connectivity index (χ1) is 10.6. The molecule has 0 aromatic heterocycles. The van der Waals surface area contributed by atoms with Crippen LogP contribution in [0.4, 0.5) is 0 Å². The summed E-state index contributed by atoms with van der Waals surface area (Å²) in [5.41, 5.74) is 2.09. The van der Waals surface area contributed by atoms with Crippen molar-refractivity contribution in [3.05, 3.63) is 71.8 Å². The van der Waals surface area contributed by atoms with Crippen LogP contribution in [0.5, 0.6) is 5.75 Å². The number of allylic oxidation sites excluding steroid dienone is 2. The van der Waals surface area contributed by atoms with E-state index in [0.717, 1.165) is 5.56 Å². The lowest BCUT2D eigenvalue weighted by molar-refractivity contribution is -0.138. The van der Waals surface area contributed by atoms with E-state index in [0.29, 0.717) is 11.1 Å². The van der Waals surface area contributed by atoms with Gasteiger partial charge >= 0.3 is 5.97 Å². The Morgan fingerprint density at radius 1 is 1.14 bits per heavy atom. The summed E-state index contributed by atoms with van der Waals surface area (Å²) in [4.78, 5) is 11.6. The molecular formula is C18H15NO3. The molecule has 0 fully saturated rings. The van der Waals surface area contributed by atoms with Gasteiger partial charge in [-0.15, -0.1) is 0 Å². The number of carbonyl (C=O) groups is 1. The molecule has 0 saturated heterocycles. The third-order valence-electron chi connectivity index (χ3n) is 3.40. The molecule has 22 heavy (non-hydrogen) atoms. The number of nitriles is 1. The highest BCUT2D eigenvalue weighted by Crippen LogP contribution is 2.30. The number of aliphatic carboxylic acids is 1. The van der Waals surface area contributed by atoms with Crippen molar-refractivity contribution in [2.24, 2.45) is 0 Å². The zero-order chi connectivity index (χ0) is 15.9. The van der Waals surface area contributed by atoms with Gasteiger partial charge in [-0.2, -0.15) is 5.26 Å². The van der Waals surface area contributed by atoms with Crippen molar-refractivity contribution in [3.63, 3.8) is 0 Å². The first-order valence-electron chi connectivity index (χ1n) is 6.77. The Labute approximate surface area is 128 Å². The van der Waals surface area contributed by atoms with E-state index in [4.69, 9.17) is 5.26 Å². The van der Waals surface area contributed by atoms with Gasteiger partial charge in [0.25, 0.3) is 0 Å². The molecule has 0 aliphatic heterocycles. The molecule has 0 radical (unpaired) electrons. The summed E-state index contributed by atoms with van der Waals surface area (Å²) in [5, 5.41) is 27.8. The number of carboxylic acid groups (broad SMARTS) is 1. The van der Waals surface area contributed by atoms with Gasteiger partial charge in [-0.25, -0.2) is 0 Å². The van der Waals surface area contributed by atoms with Crippen LogP contribution in [-0.4, -0.2) is 16.2 Å². The lowest BCUT2D eigenvalue weighted by atomic mass is 9.89. The highest BCUT2D eigenvalue weighted by Gasteiger charge is 2.22. The molecule has 110 valence electrons. The fourth-order valence-electron chi connectivity index (χ4n) is 2.26. The molecule has 2 aromatic carbocycles. The van der Waals surface area contributed by atoms with Crippen molar-refractivity contribution in [1.82, 2.24) is 0 Å². The Bertz CT molecular complexity index is 712. The monoisotopic (exact) mass is 293 g/mol. The average Bonchev–Trinajstić information content (AvgIpc) is 2.53. The van der Waals surface area contributed by atoms with Crippen LogP contribution in [0.25, 0.3) is 5.57 Å². The predicted molar refractivity (Wildman–Crippen MR) is 83.1 cm³/mol.